The maximum atomic E-state index is 12.1. The number of ketones is 1. The minimum Gasteiger partial charge on any atom is -0.298 e. The van der Waals surface area contributed by atoms with Crippen molar-refractivity contribution in [3.63, 3.8) is 0 Å². The number of hydrogen-bond acceptors (Lipinski definition) is 2. The molecule has 1 unspecified atom stereocenters. The Morgan fingerprint density at radius 3 is 2.58 bits per heavy atom. The molecule has 19 heavy (non-hydrogen) atoms. The number of carbonyl (C=O) groups is 1. The Morgan fingerprint density at radius 1 is 1.26 bits per heavy atom. The van der Waals surface area contributed by atoms with Crippen LogP contribution in [0.3, 0.4) is 0 Å². The van der Waals surface area contributed by atoms with Crippen molar-refractivity contribution >= 4 is 17.4 Å². The number of Topliss-reactive ketones (excluding diaryl/α,β-unsaturated/α-hetero) is 1. The lowest BCUT2D eigenvalue weighted by Crippen LogP contribution is -2.11. The molecule has 0 N–H and O–H groups in total. The number of rotatable bonds is 8. The number of carbonyl (C=O) groups excluding carboxylic acids is 1. The highest BCUT2D eigenvalue weighted by molar-refractivity contribution is 6.31. The van der Waals surface area contributed by atoms with E-state index in [1.54, 1.807) is 24.3 Å². The van der Waals surface area contributed by atoms with E-state index >= 15 is 0 Å². The number of benzene rings is 1. The Labute approximate surface area is 120 Å². The van der Waals surface area contributed by atoms with Gasteiger partial charge in [-0.3, -0.25) is 4.79 Å². The fraction of sp³-hybridized carbons (Fsp3) is 0.500. The van der Waals surface area contributed by atoms with Gasteiger partial charge in [-0.25, -0.2) is 0 Å². The van der Waals surface area contributed by atoms with Crippen LogP contribution in [0, 0.1) is 11.3 Å². The molecule has 0 aromatic heterocycles. The summed E-state index contributed by atoms with van der Waals surface area (Å²) in [6.07, 6.45) is 5.94. The van der Waals surface area contributed by atoms with Crippen LogP contribution in [-0.2, 0) is 4.79 Å². The molecule has 0 saturated heterocycles. The number of hydrogen-bond donors (Lipinski definition) is 0. The molecule has 1 atom stereocenters. The van der Waals surface area contributed by atoms with Crippen LogP contribution >= 0.6 is 11.6 Å². The minimum absolute atomic E-state index is 0.0212. The normalized spacial score (nSPS) is 11.8. The predicted octanol–water partition coefficient (Wildman–Crippen LogP) is 4.88. The van der Waals surface area contributed by atoms with E-state index in [4.69, 9.17) is 11.6 Å². The van der Waals surface area contributed by atoms with Crippen LogP contribution in [0.15, 0.2) is 24.3 Å². The summed E-state index contributed by atoms with van der Waals surface area (Å²) in [5.74, 6) is -0.744. The summed E-state index contributed by atoms with van der Waals surface area (Å²) < 4.78 is 0. The third kappa shape index (κ3) is 5.04. The van der Waals surface area contributed by atoms with Crippen LogP contribution < -0.4 is 0 Å². The van der Waals surface area contributed by atoms with Gasteiger partial charge in [-0.15, -0.1) is 0 Å². The second kappa shape index (κ2) is 8.72. The van der Waals surface area contributed by atoms with Crippen LogP contribution in [0.25, 0.3) is 0 Å². The summed E-state index contributed by atoms with van der Waals surface area (Å²) in [4.78, 5) is 12.1. The SMILES string of the molecule is CCCCCCCC(=O)C(C#N)c1ccccc1Cl. The molecule has 0 heterocycles. The lowest BCUT2D eigenvalue weighted by atomic mass is 9.93. The van der Waals surface area contributed by atoms with Gasteiger partial charge in [-0.05, 0) is 18.1 Å². The Morgan fingerprint density at radius 2 is 1.95 bits per heavy atom. The standard InChI is InChI=1S/C16H20ClNO/c1-2-3-4-5-6-11-16(19)14(12-18)13-9-7-8-10-15(13)17/h7-10,14H,2-6,11H2,1H3. The Kier molecular flexibility index (Phi) is 7.22. The smallest absolute Gasteiger partial charge is 0.154 e. The third-order valence-electron chi connectivity index (χ3n) is 3.19. The van der Waals surface area contributed by atoms with E-state index < -0.39 is 5.92 Å². The van der Waals surface area contributed by atoms with Gasteiger partial charge in [0.25, 0.3) is 0 Å². The van der Waals surface area contributed by atoms with Crippen LogP contribution in [-0.4, -0.2) is 5.78 Å². The molecule has 0 saturated carbocycles. The molecule has 1 aromatic rings. The van der Waals surface area contributed by atoms with Crippen molar-refractivity contribution in [3.8, 4) is 6.07 Å². The summed E-state index contributed by atoms with van der Waals surface area (Å²) >= 11 is 6.04. The van der Waals surface area contributed by atoms with Crippen LogP contribution in [0.5, 0.6) is 0 Å². The van der Waals surface area contributed by atoms with Gasteiger partial charge in [0.1, 0.15) is 5.92 Å². The van der Waals surface area contributed by atoms with Gasteiger partial charge in [0.15, 0.2) is 5.78 Å². The number of unbranched alkanes of at least 4 members (excludes halogenated alkanes) is 4. The molecule has 0 bridgehead atoms. The van der Waals surface area contributed by atoms with Crippen molar-refractivity contribution < 1.29 is 4.79 Å². The van der Waals surface area contributed by atoms with Crippen molar-refractivity contribution in [2.24, 2.45) is 0 Å². The van der Waals surface area contributed by atoms with Crippen LogP contribution in [0.2, 0.25) is 5.02 Å². The van der Waals surface area contributed by atoms with Gasteiger partial charge in [0.2, 0.25) is 0 Å². The minimum atomic E-state index is -0.722. The molecule has 0 spiro atoms. The lowest BCUT2D eigenvalue weighted by molar-refractivity contribution is -0.119. The lowest BCUT2D eigenvalue weighted by Gasteiger charge is -2.10. The molecule has 0 aliphatic rings. The molecule has 0 aliphatic heterocycles. The summed E-state index contributed by atoms with van der Waals surface area (Å²) in [5.41, 5.74) is 0.630. The van der Waals surface area contributed by atoms with Gasteiger partial charge < -0.3 is 0 Å². The Hall–Kier alpha value is -1.33. The predicted molar refractivity (Wildman–Crippen MR) is 78.2 cm³/mol. The topological polar surface area (TPSA) is 40.9 Å². The van der Waals surface area contributed by atoms with Gasteiger partial charge in [0.05, 0.1) is 6.07 Å². The quantitative estimate of drug-likeness (QED) is 0.636. The van der Waals surface area contributed by atoms with Gasteiger partial charge >= 0.3 is 0 Å². The molecule has 1 rings (SSSR count). The molecular formula is C16H20ClNO. The maximum Gasteiger partial charge on any atom is 0.154 e. The zero-order valence-electron chi connectivity index (χ0n) is 11.4. The van der Waals surface area contributed by atoms with E-state index in [1.165, 1.54) is 12.8 Å². The second-order valence-corrected chi connectivity index (χ2v) is 5.12. The second-order valence-electron chi connectivity index (χ2n) is 4.71. The zero-order valence-corrected chi connectivity index (χ0v) is 12.1. The molecule has 102 valence electrons. The number of nitrogens with zero attached hydrogens (tertiary/aromatic N) is 1. The first kappa shape index (κ1) is 15.7. The van der Waals surface area contributed by atoms with Crippen molar-refractivity contribution in [2.75, 3.05) is 0 Å². The summed E-state index contributed by atoms with van der Waals surface area (Å²) in [7, 11) is 0. The first-order valence-electron chi connectivity index (χ1n) is 6.87. The van der Waals surface area contributed by atoms with Crippen molar-refractivity contribution in [2.45, 2.75) is 51.4 Å². The molecule has 0 fully saturated rings. The van der Waals surface area contributed by atoms with Gasteiger partial charge in [0, 0.05) is 11.4 Å². The molecule has 0 amide bonds. The molecular weight excluding hydrogens is 258 g/mol. The van der Waals surface area contributed by atoms with Gasteiger partial charge in [-0.1, -0.05) is 62.4 Å². The highest BCUT2D eigenvalue weighted by Crippen LogP contribution is 2.26. The van der Waals surface area contributed by atoms with Crippen molar-refractivity contribution in [1.82, 2.24) is 0 Å². The summed E-state index contributed by atoms with van der Waals surface area (Å²) in [5, 5.41) is 9.68. The zero-order chi connectivity index (χ0) is 14.1. The third-order valence-corrected chi connectivity index (χ3v) is 3.54. The van der Waals surface area contributed by atoms with Crippen molar-refractivity contribution in [3.05, 3.63) is 34.9 Å². The van der Waals surface area contributed by atoms with Gasteiger partial charge in [-0.2, -0.15) is 5.26 Å². The average molecular weight is 278 g/mol. The first-order chi connectivity index (χ1) is 9.20. The van der Waals surface area contributed by atoms with E-state index in [-0.39, 0.29) is 5.78 Å². The summed E-state index contributed by atoms with van der Waals surface area (Å²) in [6, 6.07) is 9.16. The first-order valence-corrected chi connectivity index (χ1v) is 7.25. The Balaban J connectivity index is 2.54. The van der Waals surface area contributed by atoms with E-state index in [2.05, 4.69) is 13.0 Å². The number of nitriles is 1. The fourth-order valence-electron chi connectivity index (χ4n) is 2.07. The molecule has 0 radical (unpaired) electrons. The van der Waals surface area contributed by atoms with Crippen LogP contribution in [0.1, 0.15) is 56.9 Å². The van der Waals surface area contributed by atoms with E-state index in [1.807, 2.05) is 0 Å². The highest BCUT2D eigenvalue weighted by Gasteiger charge is 2.21. The van der Waals surface area contributed by atoms with E-state index in [0.29, 0.717) is 17.0 Å². The molecule has 0 aliphatic carbocycles. The van der Waals surface area contributed by atoms with Crippen LogP contribution in [0.4, 0.5) is 0 Å². The van der Waals surface area contributed by atoms with Crippen molar-refractivity contribution in [1.29, 1.82) is 5.26 Å². The average Bonchev–Trinajstić information content (AvgIpc) is 2.41. The highest BCUT2D eigenvalue weighted by atomic mass is 35.5. The molecule has 1 aromatic carbocycles. The van der Waals surface area contributed by atoms with E-state index in [0.717, 1.165) is 19.3 Å². The molecule has 2 nitrogen and oxygen atoms in total. The summed E-state index contributed by atoms with van der Waals surface area (Å²) in [6.45, 7) is 2.16. The Bertz CT molecular complexity index is 450. The maximum absolute atomic E-state index is 12.1. The number of halogens is 1. The van der Waals surface area contributed by atoms with E-state index in [9.17, 15) is 10.1 Å². The largest absolute Gasteiger partial charge is 0.298 e. The monoisotopic (exact) mass is 277 g/mol. The fourth-order valence-corrected chi connectivity index (χ4v) is 2.32. The molecule has 3 heteroatoms.